The molecule has 3 saturated carbocycles. The number of benzene rings is 1. The van der Waals surface area contributed by atoms with Crippen molar-refractivity contribution in [3.63, 3.8) is 0 Å². The molecule has 3 fully saturated rings. The van der Waals surface area contributed by atoms with Gasteiger partial charge in [-0.2, -0.15) is 0 Å². The molecular weight excluding hydrogens is 574 g/mol. The average Bonchev–Trinajstić information content (AvgIpc) is 2.83. The Morgan fingerprint density at radius 2 is 1.26 bits per heavy atom. The Labute approximate surface area is 222 Å². The molecule has 0 aromatic heterocycles. The third-order valence-corrected chi connectivity index (χ3v) is 14.1. The summed E-state index contributed by atoms with van der Waals surface area (Å²) < 4.78 is 20.2. The van der Waals surface area contributed by atoms with E-state index in [1.165, 1.54) is 29.1 Å². The van der Waals surface area contributed by atoms with Crippen molar-refractivity contribution in [2.75, 3.05) is 0 Å². The van der Waals surface area contributed by atoms with E-state index in [-0.39, 0.29) is 19.8 Å². The maximum atomic E-state index is 13.0. The van der Waals surface area contributed by atoms with Gasteiger partial charge in [0, 0.05) is 7.92 Å². The van der Waals surface area contributed by atoms with E-state index in [9.17, 15) is 4.39 Å². The molecule has 0 saturated heterocycles. The first-order chi connectivity index (χ1) is 16.4. The van der Waals surface area contributed by atoms with Gasteiger partial charge in [0.05, 0.1) is 17.0 Å². The van der Waals surface area contributed by atoms with Crippen LogP contribution in [0.2, 0.25) is 0 Å². The van der Waals surface area contributed by atoms with Crippen LogP contribution in [-0.2, 0) is 13.5 Å². The monoisotopic (exact) mass is 619 g/mol. The number of hydrogen-bond acceptors (Lipinski definition) is 1. The van der Waals surface area contributed by atoms with Crippen LogP contribution in [0.5, 0.6) is 5.75 Å². The predicted octanol–water partition coefficient (Wildman–Crippen LogP) is 9.89. The molecule has 34 heavy (non-hydrogen) atoms. The van der Waals surface area contributed by atoms with E-state index in [4.69, 9.17) is 24.1 Å². The van der Waals surface area contributed by atoms with Crippen LogP contribution in [0.25, 0.3) is 0 Å². The molecule has 0 radical (unpaired) electrons. The molecule has 3 aliphatic carbocycles. The second kappa shape index (κ2) is 15.6. The molecule has 0 spiro atoms. The minimum absolute atomic E-state index is 0.0360. The van der Waals surface area contributed by atoms with Crippen molar-refractivity contribution >= 4 is 31.9 Å². The van der Waals surface area contributed by atoms with E-state index in [0.717, 1.165) is 0 Å². The Balaban J connectivity index is 0.000000197. The first-order valence-corrected chi connectivity index (χ1v) is 20.8. The Hall–Kier alpha value is 0.453. The molecule has 1 aromatic carbocycles. The minimum atomic E-state index is -1.96. The summed E-state index contributed by atoms with van der Waals surface area (Å²) >= 11 is -1.96. The SMILES string of the molecule is C1CCC([PH+](C2CCCCC2)C2CCCCC2)CC1.CC(C)Oc1ccc(F)cc1[CH]=[Ru]([Cl])[Cl]. The van der Waals surface area contributed by atoms with Gasteiger partial charge in [-0.05, 0) is 77.0 Å². The average molecular weight is 620 g/mol. The van der Waals surface area contributed by atoms with Crippen molar-refractivity contribution in [1.82, 2.24) is 0 Å². The van der Waals surface area contributed by atoms with Crippen molar-refractivity contribution in [1.29, 1.82) is 0 Å². The molecule has 0 amide bonds. The van der Waals surface area contributed by atoms with Gasteiger partial charge in [-0.1, -0.05) is 19.3 Å². The number of hydrogen-bond donors (Lipinski definition) is 0. The van der Waals surface area contributed by atoms with E-state index >= 15 is 0 Å². The van der Waals surface area contributed by atoms with Crippen molar-refractivity contribution in [2.45, 2.75) is 133 Å². The maximum absolute atomic E-state index is 13.0. The number of halogens is 3. The van der Waals surface area contributed by atoms with Gasteiger partial charge in [0.1, 0.15) is 0 Å². The van der Waals surface area contributed by atoms with Crippen LogP contribution in [-0.4, -0.2) is 27.7 Å². The van der Waals surface area contributed by atoms with Crippen LogP contribution in [0.15, 0.2) is 18.2 Å². The topological polar surface area (TPSA) is 9.23 Å². The Morgan fingerprint density at radius 1 is 0.824 bits per heavy atom. The first kappa shape index (κ1) is 29.0. The van der Waals surface area contributed by atoms with Crippen molar-refractivity contribution in [3.8, 4) is 5.75 Å². The summed E-state index contributed by atoms with van der Waals surface area (Å²) in [6.07, 6.45) is 23.8. The standard InChI is InChI=1S/C18H33P.C10H11FO.2ClH.Ru/c1-4-10-16(11-5-1)19(17-12-6-2-7-13-17)18-14-8-3-9-15-18;1-7(2)12-10-5-4-9(11)6-8(10)3;;;/h16-18H,1-15H2;3-7H,1-2H3;2*1H;/q;;;;+2/p-1. The van der Waals surface area contributed by atoms with Gasteiger partial charge < -0.3 is 0 Å². The summed E-state index contributed by atoms with van der Waals surface area (Å²) in [4.78, 5) is 0. The fourth-order valence-electron chi connectivity index (χ4n) is 6.35. The van der Waals surface area contributed by atoms with Crippen LogP contribution in [0.3, 0.4) is 0 Å². The summed E-state index contributed by atoms with van der Waals surface area (Å²) in [7, 11) is 11.5. The zero-order chi connectivity index (χ0) is 24.3. The summed E-state index contributed by atoms with van der Waals surface area (Å²) in [5, 5.41) is 0. The van der Waals surface area contributed by atoms with Crippen molar-refractivity contribution in [2.24, 2.45) is 0 Å². The molecule has 0 bridgehead atoms. The number of rotatable bonds is 6. The summed E-state index contributed by atoms with van der Waals surface area (Å²) in [5.74, 6) is 0.299. The Bertz CT molecular complexity index is 710. The molecule has 1 aromatic rings. The number of ether oxygens (including phenoxy) is 1. The molecule has 0 aliphatic heterocycles. The fourth-order valence-corrected chi connectivity index (χ4v) is 13.4. The summed E-state index contributed by atoms with van der Waals surface area (Å²) in [6, 6.07) is 4.32. The molecule has 3 aliphatic rings. The van der Waals surface area contributed by atoms with Gasteiger partial charge in [0.2, 0.25) is 0 Å². The van der Waals surface area contributed by atoms with Crippen LogP contribution in [0.4, 0.5) is 4.39 Å². The zero-order valence-corrected chi connectivity index (χ0v) is 25.4. The Kier molecular flexibility index (Phi) is 13.4. The molecule has 196 valence electrons. The van der Waals surface area contributed by atoms with Gasteiger partial charge in [-0.25, -0.2) is 0 Å². The van der Waals surface area contributed by atoms with E-state index in [0.29, 0.717) is 11.3 Å². The molecule has 0 unspecified atom stereocenters. The molecule has 6 heteroatoms. The van der Waals surface area contributed by atoms with E-state index in [2.05, 4.69) is 0 Å². The van der Waals surface area contributed by atoms with Gasteiger partial charge in [-0.3, -0.25) is 0 Å². The second-order valence-electron chi connectivity index (χ2n) is 10.7. The van der Waals surface area contributed by atoms with Crippen molar-refractivity contribution in [3.05, 3.63) is 29.6 Å². The summed E-state index contributed by atoms with van der Waals surface area (Å²) in [6.45, 7) is 3.81. The third kappa shape index (κ3) is 9.73. The molecule has 0 N–H and O–H groups in total. The summed E-state index contributed by atoms with van der Waals surface area (Å²) in [5.41, 5.74) is 4.31. The van der Waals surface area contributed by atoms with Gasteiger partial charge in [-0.15, -0.1) is 0 Å². The van der Waals surface area contributed by atoms with Gasteiger partial charge in [0.25, 0.3) is 0 Å². The molecule has 4 rings (SSSR count). The predicted molar refractivity (Wildman–Crippen MR) is 148 cm³/mol. The fraction of sp³-hybridized carbons (Fsp3) is 0.750. The second-order valence-corrected chi connectivity index (χ2v) is 19.8. The van der Waals surface area contributed by atoms with Crippen molar-refractivity contribution < 1.29 is 22.6 Å². The van der Waals surface area contributed by atoms with E-state index < -0.39 is 13.5 Å². The van der Waals surface area contributed by atoms with Gasteiger partial charge in [0.15, 0.2) is 0 Å². The molecule has 1 nitrogen and oxygen atoms in total. The van der Waals surface area contributed by atoms with E-state index in [1.54, 1.807) is 107 Å². The van der Waals surface area contributed by atoms with E-state index in [1.807, 2.05) is 13.8 Å². The normalized spacial score (nSPS) is 21.2. The quantitative estimate of drug-likeness (QED) is 0.228. The Morgan fingerprint density at radius 3 is 1.65 bits per heavy atom. The third-order valence-electron chi connectivity index (χ3n) is 7.75. The molecule has 0 heterocycles. The van der Waals surface area contributed by atoms with Crippen LogP contribution in [0, 0.1) is 5.82 Å². The molecule has 0 atom stereocenters. The van der Waals surface area contributed by atoms with Gasteiger partial charge >= 0.3 is 102 Å². The van der Waals surface area contributed by atoms with Crippen LogP contribution < -0.4 is 4.74 Å². The van der Waals surface area contributed by atoms with Crippen LogP contribution >= 0.6 is 27.3 Å². The van der Waals surface area contributed by atoms with Crippen LogP contribution in [0.1, 0.15) is 116 Å². The first-order valence-electron chi connectivity index (χ1n) is 13.6. The zero-order valence-electron chi connectivity index (χ0n) is 21.1. The molecular formula is C28H45Cl2FOPRu+.